The summed E-state index contributed by atoms with van der Waals surface area (Å²) in [5, 5.41) is 0.661. The minimum atomic E-state index is -3.61. The number of likely N-dealkylation sites (tertiary alicyclic amines) is 1. The summed E-state index contributed by atoms with van der Waals surface area (Å²) in [4.78, 5) is 15.2. The van der Waals surface area contributed by atoms with Crippen LogP contribution < -0.4 is 0 Å². The highest BCUT2D eigenvalue weighted by molar-refractivity contribution is 7.89. The van der Waals surface area contributed by atoms with E-state index in [1.54, 1.807) is 27.4 Å². The van der Waals surface area contributed by atoms with E-state index in [1.807, 2.05) is 6.92 Å². The van der Waals surface area contributed by atoms with E-state index in [0.717, 1.165) is 6.42 Å². The SMILES string of the molecule is Cc1c(C(=O)N2CCC3(CC2)OCCO3)oc2ccc(S(=O)(=O)N3C[C@H](C)C[C@@H](C)C3)cc12. The molecular formula is C24H32N2O6S. The molecule has 0 saturated carbocycles. The first-order valence-corrected chi connectivity index (χ1v) is 13.2. The van der Waals surface area contributed by atoms with E-state index < -0.39 is 15.8 Å². The quantitative estimate of drug-likeness (QED) is 0.675. The third kappa shape index (κ3) is 4.09. The number of nitrogens with zero attached hydrogens (tertiary/aromatic N) is 2. The number of ether oxygens (including phenoxy) is 2. The van der Waals surface area contributed by atoms with Crippen molar-refractivity contribution in [3.63, 3.8) is 0 Å². The van der Waals surface area contributed by atoms with Crippen LogP contribution in [0.2, 0.25) is 0 Å². The predicted octanol–water partition coefficient (Wildman–Crippen LogP) is 3.39. The maximum absolute atomic E-state index is 13.3. The summed E-state index contributed by atoms with van der Waals surface area (Å²) in [6.07, 6.45) is 2.30. The van der Waals surface area contributed by atoms with E-state index in [9.17, 15) is 13.2 Å². The van der Waals surface area contributed by atoms with E-state index in [2.05, 4.69) is 13.8 Å². The first-order valence-electron chi connectivity index (χ1n) is 11.8. The molecule has 9 heteroatoms. The Labute approximate surface area is 194 Å². The molecule has 0 radical (unpaired) electrons. The van der Waals surface area contributed by atoms with E-state index >= 15 is 0 Å². The number of carbonyl (C=O) groups excluding carboxylic acids is 1. The molecule has 180 valence electrons. The summed E-state index contributed by atoms with van der Waals surface area (Å²) in [7, 11) is -3.61. The molecule has 0 aliphatic carbocycles. The summed E-state index contributed by atoms with van der Waals surface area (Å²) >= 11 is 0. The molecule has 2 aromatic rings. The van der Waals surface area contributed by atoms with Gasteiger partial charge in [0.15, 0.2) is 11.5 Å². The topological polar surface area (TPSA) is 89.3 Å². The number of hydrogen-bond acceptors (Lipinski definition) is 6. The van der Waals surface area contributed by atoms with Crippen molar-refractivity contribution in [1.82, 2.24) is 9.21 Å². The number of rotatable bonds is 3. The van der Waals surface area contributed by atoms with Crippen LogP contribution in [0.1, 0.15) is 49.2 Å². The minimum absolute atomic E-state index is 0.181. The van der Waals surface area contributed by atoms with Gasteiger partial charge in [-0.15, -0.1) is 0 Å². The zero-order valence-corrected chi connectivity index (χ0v) is 20.3. The maximum Gasteiger partial charge on any atom is 0.289 e. The average Bonchev–Trinajstić information content (AvgIpc) is 3.37. The second-order valence-electron chi connectivity index (χ2n) is 9.88. The molecule has 33 heavy (non-hydrogen) atoms. The van der Waals surface area contributed by atoms with E-state index in [-0.39, 0.29) is 16.6 Å². The normalized spacial score (nSPS) is 26.3. The van der Waals surface area contributed by atoms with Gasteiger partial charge < -0.3 is 18.8 Å². The Morgan fingerprint density at radius 3 is 2.33 bits per heavy atom. The molecule has 3 fully saturated rings. The molecule has 5 rings (SSSR count). The van der Waals surface area contributed by atoms with Crippen LogP contribution in [0, 0.1) is 18.8 Å². The highest BCUT2D eigenvalue weighted by Gasteiger charge is 2.41. The number of amides is 1. The van der Waals surface area contributed by atoms with Gasteiger partial charge in [0.2, 0.25) is 10.0 Å². The van der Waals surface area contributed by atoms with Gasteiger partial charge in [0, 0.05) is 50.0 Å². The molecule has 3 aliphatic rings. The molecular weight excluding hydrogens is 444 g/mol. The molecule has 3 aliphatic heterocycles. The van der Waals surface area contributed by atoms with Crippen molar-refractivity contribution in [3.05, 3.63) is 29.5 Å². The van der Waals surface area contributed by atoms with Crippen molar-refractivity contribution < 1.29 is 27.1 Å². The molecule has 0 N–H and O–H groups in total. The number of piperidine rings is 2. The molecule has 8 nitrogen and oxygen atoms in total. The lowest BCUT2D eigenvalue weighted by atomic mass is 9.94. The minimum Gasteiger partial charge on any atom is -0.451 e. The second-order valence-corrected chi connectivity index (χ2v) is 11.8. The molecule has 3 saturated heterocycles. The van der Waals surface area contributed by atoms with Gasteiger partial charge in [0.05, 0.1) is 18.1 Å². The van der Waals surface area contributed by atoms with Gasteiger partial charge in [-0.1, -0.05) is 13.8 Å². The fourth-order valence-corrected chi connectivity index (χ4v) is 7.20. The van der Waals surface area contributed by atoms with Crippen LogP contribution in [0.15, 0.2) is 27.5 Å². The number of furan rings is 1. The molecule has 1 aromatic carbocycles. The zero-order valence-electron chi connectivity index (χ0n) is 19.5. The molecule has 1 spiro atoms. The van der Waals surface area contributed by atoms with Gasteiger partial charge in [0.25, 0.3) is 5.91 Å². The third-order valence-electron chi connectivity index (χ3n) is 7.20. The molecule has 2 atom stereocenters. The lowest BCUT2D eigenvalue weighted by Crippen LogP contribution is -2.47. The summed E-state index contributed by atoms with van der Waals surface area (Å²) < 4.78 is 45.7. The number of sulfonamides is 1. The lowest BCUT2D eigenvalue weighted by Gasteiger charge is -2.37. The number of hydrogen-bond donors (Lipinski definition) is 0. The number of carbonyl (C=O) groups is 1. The molecule has 1 aromatic heterocycles. The Hall–Kier alpha value is -1.94. The van der Waals surface area contributed by atoms with Gasteiger partial charge in [-0.3, -0.25) is 4.79 Å². The Kier molecular flexibility index (Phi) is 5.79. The molecule has 0 bridgehead atoms. The first-order chi connectivity index (χ1) is 15.7. The van der Waals surface area contributed by atoms with E-state index in [0.29, 0.717) is 80.6 Å². The predicted molar refractivity (Wildman–Crippen MR) is 122 cm³/mol. The van der Waals surface area contributed by atoms with Gasteiger partial charge >= 0.3 is 0 Å². The zero-order chi connectivity index (χ0) is 23.4. The summed E-state index contributed by atoms with van der Waals surface area (Å²) in [6, 6.07) is 4.89. The van der Waals surface area contributed by atoms with Crippen molar-refractivity contribution in [2.45, 2.75) is 50.7 Å². The third-order valence-corrected chi connectivity index (χ3v) is 9.03. The van der Waals surface area contributed by atoms with Crippen molar-refractivity contribution in [2.75, 3.05) is 39.4 Å². The van der Waals surface area contributed by atoms with Crippen LogP contribution in [0.4, 0.5) is 0 Å². The smallest absolute Gasteiger partial charge is 0.289 e. The van der Waals surface area contributed by atoms with Crippen LogP contribution >= 0.6 is 0 Å². The lowest BCUT2D eigenvalue weighted by molar-refractivity contribution is -0.181. The van der Waals surface area contributed by atoms with Crippen molar-refractivity contribution in [1.29, 1.82) is 0 Å². The van der Waals surface area contributed by atoms with Crippen LogP contribution in [0.5, 0.6) is 0 Å². The Morgan fingerprint density at radius 1 is 1.06 bits per heavy atom. The highest BCUT2D eigenvalue weighted by atomic mass is 32.2. The van der Waals surface area contributed by atoms with Crippen LogP contribution in [-0.4, -0.2) is 68.7 Å². The monoisotopic (exact) mass is 476 g/mol. The van der Waals surface area contributed by atoms with E-state index in [4.69, 9.17) is 13.9 Å². The highest BCUT2D eigenvalue weighted by Crippen LogP contribution is 2.34. The van der Waals surface area contributed by atoms with Crippen LogP contribution in [0.25, 0.3) is 11.0 Å². The average molecular weight is 477 g/mol. The van der Waals surface area contributed by atoms with Crippen molar-refractivity contribution >= 4 is 26.9 Å². The Balaban J connectivity index is 1.39. The van der Waals surface area contributed by atoms with Crippen molar-refractivity contribution in [2.24, 2.45) is 11.8 Å². The summed E-state index contributed by atoms with van der Waals surface area (Å²) in [5.74, 6) is 0.196. The standard InChI is InChI=1S/C24H32N2O6S/c1-16-12-17(2)15-26(14-16)33(28,29)19-4-5-21-20(13-19)18(3)22(32-21)23(27)25-8-6-24(7-9-25)30-10-11-31-24/h4-5,13,16-17H,6-12,14-15H2,1-3H3/t16-,17-/m1/s1. The fraction of sp³-hybridized carbons (Fsp3) is 0.625. The number of fused-ring (bicyclic) bond motifs is 1. The van der Waals surface area contributed by atoms with Gasteiger partial charge in [-0.25, -0.2) is 8.42 Å². The van der Waals surface area contributed by atoms with Crippen molar-refractivity contribution in [3.8, 4) is 0 Å². The van der Waals surface area contributed by atoms with Crippen LogP contribution in [0.3, 0.4) is 0 Å². The number of aryl methyl sites for hydroxylation is 1. The fourth-order valence-electron chi connectivity index (χ4n) is 5.50. The second kappa shape index (κ2) is 8.37. The maximum atomic E-state index is 13.3. The summed E-state index contributed by atoms with van der Waals surface area (Å²) in [5.41, 5.74) is 1.19. The largest absolute Gasteiger partial charge is 0.451 e. The van der Waals surface area contributed by atoms with Gasteiger partial charge in [-0.05, 0) is 43.4 Å². The van der Waals surface area contributed by atoms with Gasteiger partial charge in [-0.2, -0.15) is 4.31 Å². The van der Waals surface area contributed by atoms with Crippen LogP contribution in [-0.2, 0) is 19.5 Å². The van der Waals surface area contributed by atoms with Gasteiger partial charge in [0.1, 0.15) is 5.58 Å². The Morgan fingerprint density at radius 2 is 1.70 bits per heavy atom. The Bertz CT molecular complexity index is 1150. The summed E-state index contributed by atoms with van der Waals surface area (Å²) in [6.45, 7) is 9.30. The molecule has 4 heterocycles. The number of benzene rings is 1. The molecule has 0 unspecified atom stereocenters. The molecule has 1 amide bonds. The van der Waals surface area contributed by atoms with E-state index in [1.165, 1.54) is 0 Å². The first kappa shape index (κ1) is 22.8.